The van der Waals surface area contributed by atoms with Gasteiger partial charge in [0.05, 0.1) is 10.7 Å². The summed E-state index contributed by atoms with van der Waals surface area (Å²) < 4.78 is 0. The average Bonchev–Trinajstić information content (AvgIpc) is 2.27. The van der Waals surface area contributed by atoms with Crippen LogP contribution in [0.15, 0.2) is 17.1 Å². The summed E-state index contributed by atoms with van der Waals surface area (Å²) in [4.78, 5) is 17.1. The molecule has 0 heterocycles. The summed E-state index contributed by atoms with van der Waals surface area (Å²) in [6, 6.07) is 2.44. The number of phenolic OH excluding ortho intramolecular Hbond substituents is 1. The average molecular weight is 285 g/mol. The first-order valence-electron chi connectivity index (χ1n) is 5.70. The van der Waals surface area contributed by atoms with Crippen LogP contribution in [0, 0.1) is 6.92 Å². The fourth-order valence-corrected chi connectivity index (χ4v) is 2.04. The molecule has 0 aromatic heterocycles. The van der Waals surface area contributed by atoms with Gasteiger partial charge in [0.25, 0.3) is 0 Å². The second-order valence-corrected chi connectivity index (χ2v) is 4.35. The third-order valence-corrected chi connectivity index (χ3v) is 2.73. The molecule has 2 amide bonds. The lowest BCUT2D eigenvalue weighted by atomic mass is 10.2. The molecule has 0 aliphatic heterocycles. The number of aryl methyl sites for hydroxylation is 1. The summed E-state index contributed by atoms with van der Waals surface area (Å²) >= 11 is 6.03. The SMILES string of the molecule is CCN=C(N)NC(=O)N(C)c1c(C)cc(O)cc1Cl. The first-order valence-corrected chi connectivity index (χ1v) is 6.08. The van der Waals surface area contributed by atoms with Gasteiger partial charge in [-0.05, 0) is 25.5 Å². The molecule has 0 saturated carbocycles. The Morgan fingerprint density at radius 2 is 2.21 bits per heavy atom. The van der Waals surface area contributed by atoms with Crippen molar-refractivity contribution < 1.29 is 9.90 Å². The van der Waals surface area contributed by atoms with Gasteiger partial charge >= 0.3 is 6.03 Å². The zero-order valence-electron chi connectivity index (χ0n) is 11.1. The first-order chi connectivity index (χ1) is 8.86. The number of nitrogens with one attached hydrogen (secondary N) is 1. The van der Waals surface area contributed by atoms with Crippen LogP contribution in [0.4, 0.5) is 10.5 Å². The summed E-state index contributed by atoms with van der Waals surface area (Å²) in [6.07, 6.45) is 0. The van der Waals surface area contributed by atoms with E-state index in [2.05, 4.69) is 10.3 Å². The number of aliphatic imine (C=N–C) groups is 1. The molecule has 6 nitrogen and oxygen atoms in total. The number of amides is 2. The maximum atomic E-state index is 12.0. The van der Waals surface area contributed by atoms with Gasteiger partial charge < -0.3 is 10.8 Å². The Labute approximate surface area is 116 Å². The van der Waals surface area contributed by atoms with E-state index >= 15 is 0 Å². The molecule has 7 heteroatoms. The number of nitrogens with zero attached hydrogens (tertiary/aromatic N) is 2. The van der Waals surface area contributed by atoms with Crippen LogP contribution in [-0.4, -0.2) is 30.7 Å². The first kappa shape index (κ1) is 15.1. The fourth-order valence-electron chi connectivity index (χ4n) is 1.65. The molecule has 0 radical (unpaired) electrons. The lowest BCUT2D eigenvalue weighted by Crippen LogP contribution is -2.44. The molecule has 0 bridgehead atoms. The molecule has 1 aromatic rings. The third-order valence-electron chi connectivity index (χ3n) is 2.44. The smallest absolute Gasteiger partial charge is 0.328 e. The quantitative estimate of drug-likeness (QED) is 0.571. The van der Waals surface area contributed by atoms with Gasteiger partial charge in [-0.3, -0.25) is 15.2 Å². The van der Waals surface area contributed by atoms with Gasteiger partial charge in [0.1, 0.15) is 5.75 Å². The molecule has 104 valence electrons. The Morgan fingerprint density at radius 1 is 1.58 bits per heavy atom. The van der Waals surface area contributed by atoms with Crippen molar-refractivity contribution in [3.8, 4) is 5.75 Å². The van der Waals surface area contributed by atoms with E-state index in [0.717, 1.165) is 0 Å². The highest BCUT2D eigenvalue weighted by Crippen LogP contribution is 2.32. The van der Waals surface area contributed by atoms with Gasteiger partial charge in [-0.15, -0.1) is 0 Å². The van der Waals surface area contributed by atoms with Crippen LogP contribution in [-0.2, 0) is 0 Å². The summed E-state index contributed by atoms with van der Waals surface area (Å²) in [5, 5.41) is 12.1. The molecule has 19 heavy (non-hydrogen) atoms. The Kier molecular flexibility index (Phi) is 5.00. The minimum atomic E-state index is -0.453. The van der Waals surface area contributed by atoms with E-state index in [0.29, 0.717) is 17.8 Å². The molecular weight excluding hydrogens is 268 g/mol. The van der Waals surface area contributed by atoms with Crippen molar-refractivity contribution in [3.63, 3.8) is 0 Å². The summed E-state index contributed by atoms with van der Waals surface area (Å²) in [5.41, 5.74) is 6.70. The number of anilines is 1. The molecule has 1 aromatic carbocycles. The number of hydrogen-bond acceptors (Lipinski definition) is 3. The van der Waals surface area contributed by atoms with E-state index in [1.54, 1.807) is 14.0 Å². The summed E-state index contributed by atoms with van der Waals surface area (Å²) in [5.74, 6) is 0.0963. The molecule has 4 N–H and O–H groups in total. The third kappa shape index (κ3) is 3.75. The number of carbonyl (C=O) groups excluding carboxylic acids is 1. The lowest BCUT2D eigenvalue weighted by Gasteiger charge is -2.21. The van der Waals surface area contributed by atoms with E-state index in [1.807, 2.05) is 6.92 Å². The van der Waals surface area contributed by atoms with Crippen molar-refractivity contribution >= 4 is 29.3 Å². The maximum absolute atomic E-state index is 12.0. The summed E-state index contributed by atoms with van der Waals surface area (Å²) in [7, 11) is 1.56. The van der Waals surface area contributed by atoms with Crippen molar-refractivity contribution in [1.82, 2.24) is 5.32 Å². The fraction of sp³-hybridized carbons (Fsp3) is 0.333. The van der Waals surface area contributed by atoms with Crippen LogP contribution >= 0.6 is 11.6 Å². The van der Waals surface area contributed by atoms with Crippen molar-refractivity contribution in [2.75, 3.05) is 18.5 Å². The number of aromatic hydroxyl groups is 1. The molecule has 0 saturated heterocycles. The largest absolute Gasteiger partial charge is 0.508 e. The van der Waals surface area contributed by atoms with Gasteiger partial charge in [0, 0.05) is 19.7 Å². The number of nitrogens with two attached hydrogens (primary N) is 1. The van der Waals surface area contributed by atoms with E-state index < -0.39 is 6.03 Å². The molecule has 0 aliphatic carbocycles. The number of rotatable bonds is 2. The van der Waals surface area contributed by atoms with Gasteiger partial charge in [-0.2, -0.15) is 0 Å². The van der Waals surface area contributed by atoms with Gasteiger partial charge in [0.2, 0.25) is 0 Å². The van der Waals surface area contributed by atoms with Crippen LogP contribution in [0.25, 0.3) is 0 Å². The van der Waals surface area contributed by atoms with Gasteiger partial charge in [-0.1, -0.05) is 11.6 Å². The van der Waals surface area contributed by atoms with Gasteiger partial charge in [-0.25, -0.2) is 4.79 Å². The van der Waals surface area contributed by atoms with Crippen molar-refractivity contribution in [2.45, 2.75) is 13.8 Å². The van der Waals surface area contributed by atoms with E-state index in [1.165, 1.54) is 17.0 Å². The number of halogens is 1. The van der Waals surface area contributed by atoms with E-state index in [9.17, 15) is 9.90 Å². The number of benzene rings is 1. The number of urea groups is 1. The highest BCUT2D eigenvalue weighted by molar-refractivity contribution is 6.34. The van der Waals surface area contributed by atoms with Crippen LogP contribution in [0.3, 0.4) is 0 Å². The molecule has 0 unspecified atom stereocenters. The normalized spacial score (nSPS) is 11.3. The maximum Gasteiger partial charge on any atom is 0.328 e. The van der Waals surface area contributed by atoms with E-state index in [-0.39, 0.29) is 16.7 Å². The molecule has 0 aliphatic rings. The lowest BCUT2D eigenvalue weighted by molar-refractivity contribution is 0.251. The van der Waals surface area contributed by atoms with E-state index in [4.69, 9.17) is 17.3 Å². The predicted molar refractivity (Wildman–Crippen MR) is 77.0 cm³/mol. The van der Waals surface area contributed by atoms with Gasteiger partial charge in [0.15, 0.2) is 5.96 Å². The molecule has 0 spiro atoms. The Balaban J connectivity index is 2.98. The minimum Gasteiger partial charge on any atom is -0.508 e. The number of phenols is 1. The Bertz CT molecular complexity index is 493. The van der Waals surface area contributed by atoms with Crippen LogP contribution in [0.1, 0.15) is 12.5 Å². The zero-order valence-corrected chi connectivity index (χ0v) is 11.8. The highest BCUT2D eigenvalue weighted by atomic mass is 35.5. The Morgan fingerprint density at radius 3 is 2.74 bits per heavy atom. The van der Waals surface area contributed by atoms with Crippen molar-refractivity contribution in [3.05, 3.63) is 22.7 Å². The summed E-state index contributed by atoms with van der Waals surface area (Å²) in [6.45, 7) is 4.03. The zero-order chi connectivity index (χ0) is 14.6. The predicted octanol–water partition coefficient (Wildman–Crippen LogP) is 1.83. The van der Waals surface area contributed by atoms with Crippen LogP contribution < -0.4 is 16.0 Å². The van der Waals surface area contributed by atoms with Crippen LogP contribution in [0.2, 0.25) is 5.02 Å². The Hall–Kier alpha value is -1.95. The monoisotopic (exact) mass is 284 g/mol. The second kappa shape index (κ2) is 6.29. The van der Waals surface area contributed by atoms with Crippen molar-refractivity contribution in [2.24, 2.45) is 10.7 Å². The number of carbonyl (C=O) groups is 1. The standard InChI is InChI=1S/C12H17ClN4O2/c1-4-15-11(14)16-12(19)17(3)10-7(2)5-8(18)6-9(10)13/h5-6,18H,4H2,1-3H3,(H3,14,15,16,19). The molecular formula is C12H17ClN4O2. The highest BCUT2D eigenvalue weighted by Gasteiger charge is 2.17. The molecule has 0 atom stereocenters. The number of guanidine groups is 1. The number of hydrogen-bond donors (Lipinski definition) is 3. The minimum absolute atomic E-state index is 0.0481. The van der Waals surface area contributed by atoms with Crippen LogP contribution in [0.5, 0.6) is 5.75 Å². The molecule has 1 rings (SSSR count). The van der Waals surface area contributed by atoms with Crippen molar-refractivity contribution in [1.29, 1.82) is 0 Å². The second-order valence-electron chi connectivity index (χ2n) is 3.94. The topological polar surface area (TPSA) is 90.9 Å². The molecule has 0 fully saturated rings.